The largest absolute Gasteiger partial charge is 0.459 e. The number of likely N-dealkylation sites (tertiary alicyclic amines) is 1. The van der Waals surface area contributed by atoms with Crippen molar-refractivity contribution in [3.63, 3.8) is 0 Å². The van der Waals surface area contributed by atoms with Crippen LogP contribution in [0, 0.1) is 5.92 Å². The Kier molecular flexibility index (Phi) is 9.48. The molecule has 2 atom stereocenters. The zero-order valence-corrected chi connectivity index (χ0v) is 22.2. The van der Waals surface area contributed by atoms with Gasteiger partial charge in [0, 0.05) is 32.5 Å². The maximum absolute atomic E-state index is 12.7. The van der Waals surface area contributed by atoms with E-state index in [1.807, 2.05) is 25.7 Å². The molecule has 0 aliphatic carbocycles. The maximum atomic E-state index is 12.7. The Labute approximate surface area is 189 Å². The molecule has 0 aromatic rings. The molecular weight excluding hydrogens is 412 g/mol. The average molecular weight is 457 g/mol. The molecule has 1 aliphatic rings. The van der Waals surface area contributed by atoms with Gasteiger partial charge < -0.3 is 19.3 Å². The van der Waals surface area contributed by atoms with E-state index in [2.05, 4.69) is 46.9 Å². The van der Waals surface area contributed by atoms with Crippen molar-refractivity contribution in [1.29, 1.82) is 0 Å². The lowest BCUT2D eigenvalue weighted by molar-refractivity contribution is -0.160. The predicted molar refractivity (Wildman–Crippen MR) is 125 cm³/mol. The Hall–Kier alpha value is -1.25. The highest BCUT2D eigenvalue weighted by molar-refractivity contribution is 6.79. The molecule has 1 rings (SSSR count). The van der Waals surface area contributed by atoms with Crippen LogP contribution in [0.5, 0.6) is 0 Å². The Morgan fingerprint density at radius 1 is 1.13 bits per heavy atom. The SMILES string of the molecule is CC(=O)NC(C)(C)[Si](OCCN1CC(C=O)CC1C(=O)OC(C)(C)C)(C(C)C)C(C)C. The number of amides is 1. The van der Waals surface area contributed by atoms with Crippen LogP contribution in [0.4, 0.5) is 0 Å². The lowest BCUT2D eigenvalue weighted by atomic mass is 10.1. The maximum Gasteiger partial charge on any atom is 0.323 e. The number of hydrogen-bond acceptors (Lipinski definition) is 6. The monoisotopic (exact) mass is 456 g/mol. The smallest absolute Gasteiger partial charge is 0.323 e. The molecule has 0 radical (unpaired) electrons. The number of nitrogens with one attached hydrogen (secondary N) is 1. The summed E-state index contributed by atoms with van der Waals surface area (Å²) < 4.78 is 12.3. The van der Waals surface area contributed by atoms with Gasteiger partial charge in [-0.05, 0) is 52.1 Å². The summed E-state index contributed by atoms with van der Waals surface area (Å²) in [7, 11) is -2.47. The third-order valence-electron chi connectivity index (χ3n) is 6.21. The number of nitrogens with zero attached hydrogens (tertiary/aromatic N) is 1. The Balaban J connectivity index is 3.01. The number of esters is 1. The van der Waals surface area contributed by atoms with E-state index in [1.165, 1.54) is 6.92 Å². The van der Waals surface area contributed by atoms with Crippen LogP contribution in [0.25, 0.3) is 0 Å². The number of ether oxygens (including phenoxy) is 1. The summed E-state index contributed by atoms with van der Waals surface area (Å²) in [5.74, 6) is -0.526. The van der Waals surface area contributed by atoms with E-state index in [1.54, 1.807) is 0 Å². The van der Waals surface area contributed by atoms with Gasteiger partial charge in [0.25, 0.3) is 0 Å². The number of carbonyl (C=O) groups excluding carboxylic acids is 3. The van der Waals surface area contributed by atoms with E-state index in [-0.39, 0.29) is 28.9 Å². The van der Waals surface area contributed by atoms with Gasteiger partial charge in [-0.1, -0.05) is 27.7 Å². The van der Waals surface area contributed by atoms with Gasteiger partial charge in [0.05, 0.1) is 5.16 Å². The summed E-state index contributed by atoms with van der Waals surface area (Å²) in [6, 6.07) is -0.435. The molecule has 1 saturated heterocycles. The molecule has 1 amide bonds. The second-order valence-corrected chi connectivity index (χ2v) is 16.4. The molecule has 1 heterocycles. The predicted octanol–water partition coefficient (Wildman–Crippen LogP) is 3.45. The highest BCUT2D eigenvalue weighted by Gasteiger charge is 2.55. The van der Waals surface area contributed by atoms with Gasteiger partial charge in [-0.25, -0.2) is 0 Å². The summed E-state index contributed by atoms with van der Waals surface area (Å²) in [6.45, 7) is 21.4. The molecule has 1 fully saturated rings. The van der Waals surface area contributed by atoms with Crippen molar-refractivity contribution in [3.8, 4) is 0 Å². The first kappa shape index (κ1) is 27.8. The van der Waals surface area contributed by atoms with E-state index in [9.17, 15) is 14.4 Å². The minimum atomic E-state index is -2.47. The van der Waals surface area contributed by atoms with Crippen molar-refractivity contribution in [2.24, 2.45) is 5.92 Å². The molecular formula is C23H44N2O5Si. The van der Waals surface area contributed by atoms with Crippen LogP contribution in [0.3, 0.4) is 0 Å². The molecule has 0 saturated carbocycles. The molecule has 0 aromatic heterocycles. The number of hydrogen-bond donors (Lipinski definition) is 1. The van der Waals surface area contributed by atoms with E-state index in [4.69, 9.17) is 9.16 Å². The lowest BCUT2D eigenvalue weighted by Crippen LogP contribution is -2.69. The first-order chi connectivity index (χ1) is 14.1. The molecule has 1 aliphatic heterocycles. The summed E-state index contributed by atoms with van der Waals surface area (Å²) in [5.41, 5.74) is -0.0206. The Bertz CT molecular complexity index is 634. The summed E-state index contributed by atoms with van der Waals surface area (Å²) in [4.78, 5) is 38.0. The van der Waals surface area contributed by atoms with Crippen LogP contribution in [0.15, 0.2) is 0 Å². The van der Waals surface area contributed by atoms with Crippen LogP contribution >= 0.6 is 0 Å². The van der Waals surface area contributed by atoms with Crippen LogP contribution in [0.2, 0.25) is 11.1 Å². The topological polar surface area (TPSA) is 84.9 Å². The molecule has 180 valence electrons. The zero-order valence-electron chi connectivity index (χ0n) is 21.2. The van der Waals surface area contributed by atoms with E-state index < -0.39 is 25.1 Å². The van der Waals surface area contributed by atoms with Gasteiger partial charge in [0.1, 0.15) is 17.9 Å². The van der Waals surface area contributed by atoms with Gasteiger partial charge in [-0.15, -0.1) is 0 Å². The third kappa shape index (κ3) is 6.86. The van der Waals surface area contributed by atoms with Crippen LogP contribution in [-0.4, -0.2) is 67.9 Å². The van der Waals surface area contributed by atoms with Gasteiger partial charge in [0.15, 0.2) is 0 Å². The van der Waals surface area contributed by atoms with Gasteiger partial charge in [-0.3, -0.25) is 14.5 Å². The fourth-order valence-corrected chi connectivity index (χ4v) is 11.4. The highest BCUT2D eigenvalue weighted by atomic mass is 28.4. The molecule has 8 heteroatoms. The normalized spacial score (nSPS) is 20.9. The standard InChI is InChI=1S/C23H44N2O5Si/c1-16(2)31(17(3)4,23(9,10)24-18(5)27)29-12-11-25-14-19(15-26)13-20(25)21(28)30-22(6,7)8/h15-17,19-20H,11-14H2,1-10H3,(H,24,27). The van der Waals surface area contributed by atoms with Crippen molar-refractivity contribution >= 4 is 26.5 Å². The first-order valence-corrected chi connectivity index (χ1v) is 13.5. The van der Waals surface area contributed by atoms with Crippen molar-refractivity contribution in [2.45, 2.75) is 104 Å². The quantitative estimate of drug-likeness (QED) is 0.308. The minimum absolute atomic E-state index is 0.0647. The molecule has 0 bridgehead atoms. The minimum Gasteiger partial charge on any atom is -0.459 e. The summed E-state index contributed by atoms with van der Waals surface area (Å²) in [5, 5.41) is 2.68. The molecule has 0 aromatic carbocycles. The van der Waals surface area contributed by atoms with Crippen molar-refractivity contribution in [2.75, 3.05) is 19.7 Å². The average Bonchev–Trinajstić information content (AvgIpc) is 2.98. The van der Waals surface area contributed by atoms with Crippen molar-refractivity contribution < 1.29 is 23.5 Å². The van der Waals surface area contributed by atoms with Crippen LogP contribution in [-0.2, 0) is 23.5 Å². The van der Waals surface area contributed by atoms with Gasteiger partial charge in [-0.2, -0.15) is 0 Å². The fourth-order valence-electron chi connectivity index (χ4n) is 5.39. The molecule has 7 nitrogen and oxygen atoms in total. The third-order valence-corrected chi connectivity index (χ3v) is 12.4. The molecule has 1 N–H and O–H groups in total. The number of rotatable bonds is 10. The second kappa shape index (κ2) is 10.6. The highest BCUT2D eigenvalue weighted by Crippen LogP contribution is 2.41. The molecule has 0 spiro atoms. The summed E-state index contributed by atoms with van der Waals surface area (Å²) >= 11 is 0. The van der Waals surface area contributed by atoms with E-state index in [0.29, 0.717) is 26.1 Å². The van der Waals surface area contributed by atoms with Crippen LogP contribution < -0.4 is 5.32 Å². The zero-order chi connectivity index (χ0) is 24.2. The molecule has 31 heavy (non-hydrogen) atoms. The fraction of sp³-hybridized carbons (Fsp3) is 0.870. The first-order valence-electron chi connectivity index (χ1n) is 11.4. The van der Waals surface area contributed by atoms with Gasteiger partial charge in [0.2, 0.25) is 14.2 Å². The molecule has 2 unspecified atom stereocenters. The van der Waals surface area contributed by atoms with Crippen molar-refractivity contribution in [3.05, 3.63) is 0 Å². The van der Waals surface area contributed by atoms with Crippen LogP contribution in [0.1, 0.15) is 75.7 Å². The lowest BCUT2D eigenvalue weighted by Gasteiger charge is -2.50. The second-order valence-electron chi connectivity index (χ2n) is 10.9. The Morgan fingerprint density at radius 2 is 1.68 bits per heavy atom. The van der Waals surface area contributed by atoms with Gasteiger partial charge >= 0.3 is 5.97 Å². The Morgan fingerprint density at radius 3 is 2.10 bits per heavy atom. The number of carbonyl (C=O) groups is 3. The number of aldehydes is 1. The summed E-state index contributed by atoms with van der Waals surface area (Å²) in [6.07, 6.45) is 1.41. The van der Waals surface area contributed by atoms with E-state index in [0.717, 1.165) is 6.29 Å². The van der Waals surface area contributed by atoms with Crippen molar-refractivity contribution in [1.82, 2.24) is 10.2 Å². The van der Waals surface area contributed by atoms with E-state index >= 15 is 0 Å².